The zero-order valence-electron chi connectivity index (χ0n) is 14.0. The molecule has 1 aliphatic rings. The van der Waals surface area contributed by atoms with Crippen LogP contribution in [0, 0.1) is 25.2 Å². The van der Waals surface area contributed by atoms with Crippen molar-refractivity contribution in [2.24, 2.45) is 4.99 Å². The molecule has 0 spiro atoms. The van der Waals surface area contributed by atoms with Crippen LogP contribution in [0.4, 0.5) is 5.82 Å². The van der Waals surface area contributed by atoms with E-state index in [-0.39, 0.29) is 6.10 Å². The van der Waals surface area contributed by atoms with Crippen molar-refractivity contribution < 1.29 is 18.9 Å². The van der Waals surface area contributed by atoms with Gasteiger partial charge in [0.05, 0.1) is 25.3 Å². The van der Waals surface area contributed by atoms with Gasteiger partial charge in [-0.15, -0.1) is 0 Å². The van der Waals surface area contributed by atoms with Gasteiger partial charge in [-0.3, -0.25) is 0 Å². The first-order valence-electron chi connectivity index (χ1n) is 7.74. The molecule has 0 saturated carbocycles. The summed E-state index contributed by atoms with van der Waals surface area (Å²) in [6.07, 6.45) is 1.23. The van der Waals surface area contributed by atoms with Crippen molar-refractivity contribution in [3.05, 3.63) is 16.8 Å². The summed E-state index contributed by atoms with van der Waals surface area (Å²) >= 11 is 0. The van der Waals surface area contributed by atoms with Crippen LogP contribution in [0.1, 0.15) is 30.7 Å². The van der Waals surface area contributed by atoms with E-state index < -0.39 is 6.48 Å². The highest BCUT2D eigenvalue weighted by Gasteiger charge is 2.28. The van der Waals surface area contributed by atoms with E-state index in [0.29, 0.717) is 37.7 Å². The van der Waals surface area contributed by atoms with Gasteiger partial charge in [0.25, 0.3) is 6.48 Å². The van der Waals surface area contributed by atoms with Crippen LogP contribution in [0.15, 0.2) is 4.99 Å². The average molecular weight is 321 g/mol. The molecule has 1 aromatic heterocycles. The summed E-state index contributed by atoms with van der Waals surface area (Å²) in [4.78, 5) is 4.31. The Balaban J connectivity index is 2.22. The maximum atomic E-state index is 9.41. The second-order valence-electron chi connectivity index (χ2n) is 5.16. The predicted octanol–water partition coefficient (Wildman–Crippen LogP) is 2.41. The SMILES string of the molecule is CCOC=Nc1c(C#N)c(C)c(C)n1CC1COC(OCC)O1. The fraction of sp³-hybridized carbons (Fsp3) is 0.625. The van der Waals surface area contributed by atoms with E-state index >= 15 is 0 Å². The van der Waals surface area contributed by atoms with Gasteiger partial charge in [-0.25, -0.2) is 4.99 Å². The van der Waals surface area contributed by atoms with Gasteiger partial charge in [-0.2, -0.15) is 5.26 Å². The lowest BCUT2D eigenvalue weighted by atomic mass is 10.2. The van der Waals surface area contributed by atoms with Crippen molar-refractivity contribution in [2.45, 2.75) is 46.8 Å². The monoisotopic (exact) mass is 321 g/mol. The summed E-state index contributed by atoms with van der Waals surface area (Å²) in [6.45, 7) is 9.07. The lowest BCUT2D eigenvalue weighted by Crippen LogP contribution is -2.21. The molecule has 7 heteroatoms. The van der Waals surface area contributed by atoms with E-state index in [1.54, 1.807) is 0 Å². The van der Waals surface area contributed by atoms with Gasteiger partial charge >= 0.3 is 0 Å². The van der Waals surface area contributed by atoms with Gasteiger partial charge in [0.15, 0.2) is 12.2 Å². The summed E-state index contributed by atoms with van der Waals surface area (Å²) in [5.41, 5.74) is 2.45. The number of nitrogens with zero attached hydrogens (tertiary/aromatic N) is 3. The molecule has 7 nitrogen and oxygen atoms in total. The number of aliphatic imine (C=N–C) groups is 1. The first kappa shape index (κ1) is 17.5. The van der Waals surface area contributed by atoms with E-state index in [2.05, 4.69) is 11.1 Å². The third kappa shape index (κ3) is 3.91. The molecule has 2 heterocycles. The minimum absolute atomic E-state index is 0.148. The quantitative estimate of drug-likeness (QED) is 0.569. The molecule has 1 saturated heterocycles. The van der Waals surface area contributed by atoms with Crippen molar-refractivity contribution >= 4 is 12.2 Å². The van der Waals surface area contributed by atoms with Crippen LogP contribution in [-0.4, -0.2) is 43.4 Å². The average Bonchev–Trinajstić information content (AvgIpc) is 3.07. The van der Waals surface area contributed by atoms with Crippen molar-refractivity contribution in [2.75, 3.05) is 19.8 Å². The molecule has 23 heavy (non-hydrogen) atoms. The number of nitriles is 1. The first-order chi connectivity index (χ1) is 11.1. The van der Waals surface area contributed by atoms with E-state index in [4.69, 9.17) is 18.9 Å². The summed E-state index contributed by atoms with van der Waals surface area (Å²) in [7, 11) is 0. The zero-order chi connectivity index (χ0) is 16.8. The highest BCUT2D eigenvalue weighted by atomic mass is 16.9. The molecule has 126 valence electrons. The molecular formula is C16H23N3O4. The van der Waals surface area contributed by atoms with Gasteiger partial charge in [0, 0.05) is 12.3 Å². The second-order valence-corrected chi connectivity index (χ2v) is 5.16. The summed E-state index contributed by atoms with van der Waals surface area (Å²) < 4.78 is 23.6. The molecule has 0 aromatic carbocycles. The fourth-order valence-corrected chi connectivity index (χ4v) is 2.44. The Kier molecular flexibility index (Phi) is 6.16. The van der Waals surface area contributed by atoms with Gasteiger partial charge in [0.2, 0.25) is 0 Å². The van der Waals surface area contributed by atoms with Crippen molar-refractivity contribution in [3.63, 3.8) is 0 Å². The number of aromatic nitrogens is 1. The van der Waals surface area contributed by atoms with Crippen LogP contribution in [0.2, 0.25) is 0 Å². The topological polar surface area (TPSA) is 78.0 Å². The Morgan fingerprint density at radius 2 is 2.17 bits per heavy atom. The van der Waals surface area contributed by atoms with Gasteiger partial charge in [0.1, 0.15) is 12.2 Å². The molecule has 0 radical (unpaired) electrons. The normalized spacial score (nSPS) is 21.0. The molecule has 1 fully saturated rings. The maximum absolute atomic E-state index is 9.41. The molecule has 0 amide bonds. The minimum atomic E-state index is -0.618. The second kappa shape index (κ2) is 8.11. The lowest BCUT2D eigenvalue weighted by molar-refractivity contribution is -0.235. The van der Waals surface area contributed by atoms with E-state index in [0.717, 1.165) is 11.3 Å². The van der Waals surface area contributed by atoms with Crippen LogP contribution < -0.4 is 0 Å². The highest BCUT2D eigenvalue weighted by Crippen LogP contribution is 2.30. The Bertz CT molecular complexity index is 603. The lowest BCUT2D eigenvalue weighted by Gasteiger charge is -2.14. The molecular weight excluding hydrogens is 298 g/mol. The molecule has 2 unspecified atom stereocenters. The van der Waals surface area contributed by atoms with Gasteiger partial charge in [-0.1, -0.05) is 0 Å². The van der Waals surface area contributed by atoms with Crippen LogP contribution in [0.25, 0.3) is 0 Å². The van der Waals surface area contributed by atoms with E-state index in [1.807, 2.05) is 32.3 Å². The minimum Gasteiger partial charge on any atom is -0.483 e. The van der Waals surface area contributed by atoms with Crippen molar-refractivity contribution in [1.29, 1.82) is 5.26 Å². The molecule has 0 aliphatic carbocycles. The Hall–Kier alpha value is -1.88. The molecule has 2 atom stereocenters. The van der Waals surface area contributed by atoms with Crippen LogP contribution in [0.3, 0.4) is 0 Å². The molecule has 2 rings (SSSR count). The zero-order valence-corrected chi connectivity index (χ0v) is 14.0. The van der Waals surface area contributed by atoms with Crippen LogP contribution in [0.5, 0.6) is 0 Å². The highest BCUT2D eigenvalue weighted by molar-refractivity contribution is 5.63. The van der Waals surface area contributed by atoms with Gasteiger partial charge < -0.3 is 23.5 Å². The summed E-state index contributed by atoms with van der Waals surface area (Å²) in [5, 5.41) is 9.41. The van der Waals surface area contributed by atoms with Crippen molar-refractivity contribution in [3.8, 4) is 6.07 Å². The van der Waals surface area contributed by atoms with Crippen molar-refractivity contribution in [1.82, 2.24) is 4.57 Å². The maximum Gasteiger partial charge on any atom is 0.272 e. The largest absolute Gasteiger partial charge is 0.483 e. The first-order valence-corrected chi connectivity index (χ1v) is 7.74. The van der Waals surface area contributed by atoms with Crippen LogP contribution in [-0.2, 0) is 25.5 Å². The molecule has 0 N–H and O–H groups in total. The number of ether oxygens (including phenoxy) is 4. The molecule has 1 aromatic rings. The number of hydrogen-bond donors (Lipinski definition) is 0. The van der Waals surface area contributed by atoms with Crippen LogP contribution >= 0.6 is 0 Å². The smallest absolute Gasteiger partial charge is 0.272 e. The number of hydrogen-bond acceptors (Lipinski definition) is 6. The van der Waals surface area contributed by atoms with E-state index in [1.165, 1.54) is 6.40 Å². The Morgan fingerprint density at radius 1 is 1.39 bits per heavy atom. The number of rotatable bonds is 7. The predicted molar refractivity (Wildman–Crippen MR) is 84.6 cm³/mol. The third-order valence-electron chi connectivity index (χ3n) is 3.74. The Morgan fingerprint density at radius 3 is 2.83 bits per heavy atom. The summed E-state index contributed by atoms with van der Waals surface area (Å²) in [6, 6.07) is 2.22. The Labute approximate surface area is 136 Å². The molecule has 0 bridgehead atoms. The fourth-order valence-electron chi connectivity index (χ4n) is 2.44. The summed E-state index contributed by atoms with van der Waals surface area (Å²) in [5.74, 6) is 0.583. The van der Waals surface area contributed by atoms with E-state index in [9.17, 15) is 5.26 Å². The van der Waals surface area contributed by atoms with Gasteiger partial charge in [-0.05, 0) is 33.3 Å². The standard InChI is InChI=1S/C16H23N3O4/c1-5-20-10-18-15-14(7-17)11(3)12(4)19(15)8-13-9-22-16(23-13)21-6-2/h10,13,16H,5-6,8-9H2,1-4H3. The molecule has 1 aliphatic heterocycles. The third-order valence-corrected chi connectivity index (χ3v) is 3.74.